The fourth-order valence-corrected chi connectivity index (χ4v) is 6.21. The second-order valence-electron chi connectivity index (χ2n) is 7.46. The van der Waals surface area contributed by atoms with E-state index in [2.05, 4.69) is 27.7 Å². The summed E-state index contributed by atoms with van der Waals surface area (Å²) in [5.41, 5.74) is 1.35. The van der Waals surface area contributed by atoms with Crippen molar-refractivity contribution in [1.29, 1.82) is 0 Å². The van der Waals surface area contributed by atoms with E-state index in [-0.39, 0.29) is 0 Å². The largest absolute Gasteiger partial charge is 0.0622 e. The Hall–Kier alpha value is 0. The van der Waals surface area contributed by atoms with Gasteiger partial charge in [0, 0.05) is 0 Å². The lowest BCUT2D eigenvalue weighted by Crippen LogP contribution is -2.29. The van der Waals surface area contributed by atoms with E-state index in [1.807, 2.05) is 0 Å². The lowest BCUT2D eigenvalue weighted by atomic mass is 9.69. The third-order valence-electron chi connectivity index (χ3n) is 6.60. The fraction of sp³-hybridized carbons (Fsp3) is 1.00. The van der Waals surface area contributed by atoms with E-state index in [0.717, 1.165) is 23.7 Å². The van der Waals surface area contributed by atoms with Crippen LogP contribution in [0.3, 0.4) is 0 Å². The van der Waals surface area contributed by atoms with Gasteiger partial charge in [0.15, 0.2) is 0 Å². The summed E-state index contributed by atoms with van der Waals surface area (Å²) in [5, 5.41) is 0. The monoisotopic (exact) mass is 206 g/mol. The number of hydrogen-bond acceptors (Lipinski definition) is 0. The second-order valence-corrected chi connectivity index (χ2v) is 7.46. The van der Waals surface area contributed by atoms with Crippen molar-refractivity contribution in [3.63, 3.8) is 0 Å². The van der Waals surface area contributed by atoms with Crippen molar-refractivity contribution in [2.45, 2.75) is 59.8 Å². The smallest absolute Gasteiger partial charge is 0.0259 e. The summed E-state index contributed by atoms with van der Waals surface area (Å²) >= 11 is 0. The highest BCUT2D eigenvalue weighted by Gasteiger charge is 2.65. The molecule has 0 aliphatic heterocycles. The molecular weight excluding hydrogens is 180 g/mol. The Morgan fingerprint density at radius 2 is 1.73 bits per heavy atom. The van der Waals surface area contributed by atoms with E-state index in [4.69, 9.17) is 0 Å². The normalized spacial score (nSPS) is 56.8. The van der Waals surface area contributed by atoms with Gasteiger partial charge >= 0.3 is 0 Å². The van der Waals surface area contributed by atoms with Crippen LogP contribution in [0.5, 0.6) is 0 Å². The molecule has 0 aromatic rings. The first-order chi connectivity index (χ1) is 6.98. The molecule has 3 fully saturated rings. The van der Waals surface area contributed by atoms with Gasteiger partial charge in [-0.15, -0.1) is 0 Å². The highest BCUT2D eigenvalue weighted by Crippen LogP contribution is 2.72. The Labute approximate surface area is 94.8 Å². The Morgan fingerprint density at radius 1 is 1.00 bits per heavy atom. The van der Waals surface area contributed by atoms with Gasteiger partial charge in [-0.25, -0.2) is 0 Å². The predicted octanol–water partition coefficient (Wildman–Crippen LogP) is 4.49. The van der Waals surface area contributed by atoms with E-state index in [1.165, 1.54) is 32.1 Å². The molecule has 0 aromatic heterocycles. The minimum absolute atomic E-state index is 0.640. The Balaban J connectivity index is 2.06. The molecule has 0 bridgehead atoms. The van der Waals surface area contributed by atoms with Crippen molar-refractivity contribution in [2.24, 2.45) is 34.5 Å². The molecule has 3 aliphatic rings. The first kappa shape index (κ1) is 10.2. The number of fused-ring (bicyclic) bond motifs is 3. The summed E-state index contributed by atoms with van der Waals surface area (Å²) in [5.74, 6) is 4.13. The van der Waals surface area contributed by atoms with Gasteiger partial charge in [-0.1, -0.05) is 40.5 Å². The number of hydrogen-bond donors (Lipinski definition) is 0. The van der Waals surface area contributed by atoms with Crippen molar-refractivity contribution in [1.82, 2.24) is 0 Å². The minimum atomic E-state index is 0.640. The van der Waals surface area contributed by atoms with Gasteiger partial charge in [-0.3, -0.25) is 0 Å². The van der Waals surface area contributed by atoms with Gasteiger partial charge in [-0.05, 0) is 53.8 Å². The summed E-state index contributed by atoms with van der Waals surface area (Å²) in [7, 11) is 0. The van der Waals surface area contributed by atoms with Crippen molar-refractivity contribution >= 4 is 0 Å². The molecule has 0 spiro atoms. The van der Waals surface area contributed by atoms with Gasteiger partial charge in [0.05, 0.1) is 0 Å². The van der Waals surface area contributed by atoms with E-state index in [1.54, 1.807) is 0 Å². The SMILES string of the molecule is C[C@@H]1CC[C@@H]2[C@H]1[C@@]1(C)CCCC1C2(C)C. The molecule has 0 amide bonds. The van der Waals surface area contributed by atoms with Crippen LogP contribution in [0.2, 0.25) is 0 Å². The lowest BCUT2D eigenvalue weighted by Gasteiger charge is -2.36. The van der Waals surface area contributed by atoms with E-state index < -0.39 is 0 Å². The van der Waals surface area contributed by atoms with E-state index in [0.29, 0.717) is 10.8 Å². The zero-order valence-electron chi connectivity index (χ0n) is 10.8. The molecule has 0 radical (unpaired) electrons. The summed E-state index contributed by atoms with van der Waals surface area (Å²) < 4.78 is 0. The predicted molar refractivity (Wildman–Crippen MR) is 64.6 cm³/mol. The van der Waals surface area contributed by atoms with Crippen LogP contribution in [-0.4, -0.2) is 0 Å². The molecule has 15 heavy (non-hydrogen) atoms. The minimum Gasteiger partial charge on any atom is -0.0622 e. The van der Waals surface area contributed by atoms with Crippen LogP contribution < -0.4 is 0 Å². The molecule has 0 heteroatoms. The highest BCUT2D eigenvalue weighted by atomic mass is 14.7. The molecule has 0 heterocycles. The molecule has 0 aromatic carbocycles. The summed E-state index contributed by atoms with van der Waals surface area (Å²) in [6.07, 6.45) is 7.56. The zero-order valence-corrected chi connectivity index (χ0v) is 10.8. The van der Waals surface area contributed by atoms with Crippen molar-refractivity contribution < 1.29 is 0 Å². The quantitative estimate of drug-likeness (QED) is 0.547. The van der Waals surface area contributed by atoms with Crippen molar-refractivity contribution in [3.05, 3.63) is 0 Å². The van der Waals surface area contributed by atoms with Crippen molar-refractivity contribution in [2.75, 3.05) is 0 Å². The lowest BCUT2D eigenvalue weighted by molar-refractivity contribution is 0.126. The molecule has 0 nitrogen and oxygen atoms in total. The van der Waals surface area contributed by atoms with Gasteiger partial charge in [0.25, 0.3) is 0 Å². The third-order valence-corrected chi connectivity index (χ3v) is 6.60. The summed E-state index contributed by atoms with van der Waals surface area (Å²) in [4.78, 5) is 0. The van der Waals surface area contributed by atoms with Crippen LogP contribution in [0.25, 0.3) is 0 Å². The standard InChI is InChI=1S/C15H26/c1-10-7-8-11-13(10)15(4)9-5-6-12(15)14(11,2)3/h10-13H,5-9H2,1-4H3/t10-,11-,12?,13+,15+/m1/s1. The fourth-order valence-electron chi connectivity index (χ4n) is 6.21. The van der Waals surface area contributed by atoms with Gasteiger partial charge in [0.2, 0.25) is 0 Å². The first-order valence-corrected chi connectivity index (χ1v) is 6.98. The van der Waals surface area contributed by atoms with Crippen LogP contribution in [0.15, 0.2) is 0 Å². The van der Waals surface area contributed by atoms with Crippen molar-refractivity contribution in [3.8, 4) is 0 Å². The maximum atomic E-state index is 2.62. The molecule has 3 aliphatic carbocycles. The van der Waals surface area contributed by atoms with E-state index in [9.17, 15) is 0 Å². The van der Waals surface area contributed by atoms with Gasteiger partial charge in [0.1, 0.15) is 0 Å². The second kappa shape index (κ2) is 2.81. The maximum absolute atomic E-state index is 2.62. The number of rotatable bonds is 0. The third kappa shape index (κ3) is 1.04. The van der Waals surface area contributed by atoms with Crippen LogP contribution in [0, 0.1) is 34.5 Å². The summed E-state index contributed by atoms with van der Waals surface area (Å²) in [6.45, 7) is 10.3. The van der Waals surface area contributed by atoms with Crippen LogP contribution in [0.4, 0.5) is 0 Å². The average molecular weight is 206 g/mol. The average Bonchev–Trinajstić information content (AvgIpc) is 2.72. The Bertz CT molecular complexity index is 278. The van der Waals surface area contributed by atoms with Gasteiger partial charge in [-0.2, -0.15) is 0 Å². The molecule has 86 valence electrons. The Morgan fingerprint density at radius 3 is 2.47 bits per heavy atom. The van der Waals surface area contributed by atoms with Crippen LogP contribution in [-0.2, 0) is 0 Å². The highest BCUT2D eigenvalue weighted by molar-refractivity contribution is 5.13. The van der Waals surface area contributed by atoms with Crippen LogP contribution in [0.1, 0.15) is 59.8 Å². The summed E-state index contributed by atoms with van der Waals surface area (Å²) in [6, 6.07) is 0. The van der Waals surface area contributed by atoms with E-state index >= 15 is 0 Å². The molecule has 0 saturated heterocycles. The molecule has 5 atom stereocenters. The zero-order chi connectivity index (χ0) is 10.8. The molecule has 1 unspecified atom stereocenters. The first-order valence-electron chi connectivity index (χ1n) is 6.98. The molecular formula is C15H26. The maximum Gasteiger partial charge on any atom is -0.0259 e. The molecule has 0 N–H and O–H groups in total. The molecule has 3 rings (SSSR count). The van der Waals surface area contributed by atoms with Gasteiger partial charge < -0.3 is 0 Å². The Kier molecular flexibility index (Phi) is 1.91. The topological polar surface area (TPSA) is 0 Å². The molecule has 3 saturated carbocycles. The van der Waals surface area contributed by atoms with Crippen LogP contribution >= 0.6 is 0 Å².